The number of fused-ring (bicyclic) bond motifs is 1. The highest BCUT2D eigenvalue weighted by molar-refractivity contribution is 5.90. The molecule has 6 nitrogen and oxygen atoms in total. The molecule has 1 fully saturated rings. The molecule has 2 amide bonds. The van der Waals surface area contributed by atoms with E-state index in [2.05, 4.69) is 10.2 Å². The van der Waals surface area contributed by atoms with Crippen LogP contribution in [0.2, 0.25) is 0 Å². The summed E-state index contributed by atoms with van der Waals surface area (Å²) in [5.41, 5.74) is 1.05. The number of hydrogen-bond acceptors (Lipinski definition) is 4. The highest BCUT2D eigenvalue weighted by Gasteiger charge is 2.37. The largest absolute Gasteiger partial charge is 0.416 e. The van der Waals surface area contributed by atoms with Crippen LogP contribution in [0.5, 0.6) is 0 Å². The van der Waals surface area contributed by atoms with Crippen molar-refractivity contribution in [3.63, 3.8) is 0 Å². The zero-order valence-corrected chi connectivity index (χ0v) is 21.8. The molecule has 10 heteroatoms. The molecule has 0 aromatic heterocycles. The molecule has 0 radical (unpaired) electrons. The highest BCUT2D eigenvalue weighted by Crippen LogP contribution is 2.40. The Morgan fingerprint density at radius 2 is 1.74 bits per heavy atom. The molecule has 2 aromatic carbocycles. The Labute approximate surface area is 219 Å². The maximum absolute atomic E-state index is 13.9. The van der Waals surface area contributed by atoms with Gasteiger partial charge in [0.1, 0.15) is 5.82 Å². The monoisotopic (exact) mass is 535 g/mol. The molecular formula is C28H33F4N3O3. The van der Waals surface area contributed by atoms with Gasteiger partial charge >= 0.3 is 6.18 Å². The molecule has 2 aromatic rings. The van der Waals surface area contributed by atoms with Crippen LogP contribution in [0.25, 0.3) is 0 Å². The standard InChI is InChI=1S/C28H33F4N3O3/c1-18(16-35-17-27(2,3)23-14-21(29)8-9-24(23)35)33-26(37)22(15-25(36)34-10-12-38-13-11-34)19-4-6-20(7-5-19)28(30,31)32/h4-9,14,18,22H,10-13,15-17H2,1-3H3,(H,33,37). The first-order valence-electron chi connectivity index (χ1n) is 12.7. The summed E-state index contributed by atoms with van der Waals surface area (Å²) in [6, 6.07) is 8.73. The van der Waals surface area contributed by atoms with E-state index in [-0.39, 0.29) is 29.6 Å². The lowest BCUT2D eigenvalue weighted by Gasteiger charge is -2.30. The summed E-state index contributed by atoms with van der Waals surface area (Å²) < 4.78 is 58.5. The van der Waals surface area contributed by atoms with Crippen LogP contribution in [-0.4, -0.2) is 62.1 Å². The second-order valence-corrected chi connectivity index (χ2v) is 10.7. The van der Waals surface area contributed by atoms with Crippen LogP contribution in [0.1, 0.15) is 49.8 Å². The van der Waals surface area contributed by atoms with E-state index in [0.717, 1.165) is 23.4 Å². The van der Waals surface area contributed by atoms with Gasteiger partial charge in [-0.15, -0.1) is 0 Å². The van der Waals surface area contributed by atoms with E-state index >= 15 is 0 Å². The Morgan fingerprint density at radius 1 is 1.08 bits per heavy atom. The average Bonchev–Trinajstić information content (AvgIpc) is 3.10. The van der Waals surface area contributed by atoms with Crippen LogP contribution in [-0.2, 0) is 25.9 Å². The summed E-state index contributed by atoms with van der Waals surface area (Å²) in [5.74, 6) is -1.94. The number of halogens is 4. The maximum Gasteiger partial charge on any atom is 0.416 e. The van der Waals surface area contributed by atoms with Crippen molar-refractivity contribution in [2.24, 2.45) is 0 Å². The number of morpholine rings is 1. The topological polar surface area (TPSA) is 61.9 Å². The summed E-state index contributed by atoms with van der Waals surface area (Å²) in [6.07, 6.45) is -4.67. The summed E-state index contributed by atoms with van der Waals surface area (Å²) in [4.78, 5) is 30.1. The van der Waals surface area contributed by atoms with Gasteiger partial charge in [0.05, 0.1) is 24.7 Å². The SMILES string of the molecule is CC(CN1CC(C)(C)c2cc(F)ccc21)NC(=O)C(CC(=O)N1CCOCC1)c1ccc(C(F)(F)F)cc1. The summed E-state index contributed by atoms with van der Waals surface area (Å²) >= 11 is 0. The van der Waals surface area contributed by atoms with Crippen LogP contribution in [0, 0.1) is 5.82 Å². The number of carbonyl (C=O) groups excluding carboxylic acids is 2. The van der Waals surface area contributed by atoms with Gasteiger partial charge in [-0.25, -0.2) is 4.39 Å². The van der Waals surface area contributed by atoms with E-state index in [1.165, 1.54) is 24.3 Å². The molecule has 2 atom stereocenters. The Kier molecular flexibility index (Phi) is 8.01. The number of alkyl halides is 3. The van der Waals surface area contributed by atoms with E-state index in [1.807, 2.05) is 20.8 Å². The van der Waals surface area contributed by atoms with Gasteiger partial charge < -0.3 is 19.9 Å². The number of amides is 2. The Bertz CT molecular complexity index is 1160. The smallest absolute Gasteiger partial charge is 0.378 e. The van der Waals surface area contributed by atoms with Crippen molar-refractivity contribution in [2.75, 3.05) is 44.3 Å². The van der Waals surface area contributed by atoms with Crippen LogP contribution in [0.3, 0.4) is 0 Å². The van der Waals surface area contributed by atoms with Gasteiger partial charge in [-0.05, 0) is 48.4 Å². The molecule has 0 spiro atoms. The molecule has 38 heavy (non-hydrogen) atoms. The summed E-state index contributed by atoms with van der Waals surface area (Å²) in [6.45, 7) is 8.60. The number of carbonyl (C=O) groups is 2. The number of hydrogen-bond donors (Lipinski definition) is 1. The third-order valence-electron chi connectivity index (χ3n) is 7.20. The maximum atomic E-state index is 13.9. The molecule has 206 valence electrons. The van der Waals surface area contributed by atoms with E-state index in [4.69, 9.17) is 4.74 Å². The van der Waals surface area contributed by atoms with Crippen molar-refractivity contribution in [1.29, 1.82) is 0 Å². The van der Waals surface area contributed by atoms with Gasteiger partial charge in [-0.1, -0.05) is 26.0 Å². The first kappa shape index (κ1) is 27.9. The minimum atomic E-state index is -4.50. The highest BCUT2D eigenvalue weighted by atomic mass is 19.4. The molecule has 1 saturated heterocycles. The molecule has 2 aliphatic heterocycles. The zero-order chi connectivity index (χ0) is 27.7. The Balaban J connectivity index is 1.50. The van der Waals surface area contributed by atoms with Crippen molar-refractivity contribution in [3.05, 3.63) is 65.0 Å². The predicted molar refractivity (Wildman–Crippen MR) is 135 cm³/mol. The third-order valence-corrected chi connectivity index (χ3v) is 7.20. The fourth-order valence-corrected chi connectivity index (χ4v) is 5.24. The van der Waals surface area contributed by atoms with Gasteiger partial charge in [0.2, 0.25) is 11.8 Å². The number of ether oxygens (including phenoxy) is 1. The molecular weight excluding hydrogens is 502 g/mol. The lowest BCUT2D eigenvalue weighted by molar-refractivity contribution is -0.138. The summed E-state index contributed by atoms with van der Waals surface area (Å²) in [5, 5.41) is 2.96. The molecule has 2 heterocycles. The van der Waals surface area contributed by atoms with Gasteiger partial charge in [0, 0.05) is 49.7 Å². The fraction of sp³-hybridized carbons (Fsp3) is 0.500. The molecule has 0 saturated carbocycles. The van der Waals surface area contributed by atoms with Crippen LogP contribution in [0.15, 0.2) is 42.5 Å². The lowest BCUT2D eigenvalue weighted by Crippen LogP contribution is -2.46. The number of benzene rings is 2. The molecule has 0 bridgehead atoms. The number of rotatable bonds is 7. The van der Waals surface area contributed by atoms with Gasteiger partial charge in [0.25, 0.3) is 0 Å². The number of nitrogens with one attached hydrogen (secondary N) is 1. The van der Waals surface area contributed by atoms with Crippen LogP contribution >= 0.6 is 0 Å². The molecule has 2 aliphatic rings. The second kappa shape index (κ2) is 10.9. The van der Waals surface area contributed by atoms with Crippen molar-refractivity contribution in [1.82, 2.24) is 10.2 Å². The van der Waals surface area contributed by atoms with Crippen molar-refractivity contribution in [3.8, 4) is 0 Å². The lowest BCUT2D eigenvalue weighted by atomic mass is 9.87. The zero-order valence-electron chi connectivity index (χ0n) is 21.8. The van der Waals surface area contributed by atoms with E-state index in [0.29, 0.717) is 45.0 Å². The first-order chi connectivity index (χ1) is 17.8. The minimum absolute atomic E-state index is 0.164. The first-order valence-corrected chi connectivity index (χ1v) is 12.7. The Hall–Kier alpha value is -3.14. The second-order valence-electron chi connectivity index (χ2n) is 10.7. The van der Waals surface area contributed by atoms with Crippen molar-refractivity contribution >= 4 is 17.5 Å². The normalized spacial score (nSPS) is 18.6. The number of anilines is 1. The van der Waals surface area contributed by atoms with E-state index in [9.17, 15) is 27.2 Å². The summed E-state index contributed by atoms with van der Waals surface area (Å²) in [7, 11) is 0. The fourth-order valence-electron chi connectivity index (χ4n) is 5.24. The Morgan fingerprint density at radius 3 is 2.37 bits per heavy atom. The molecule has 2 unspecified atom stereocenters. The van der Waals surface area contributed by atoms with Crippen LogP contribution < -0.4 is 10.2 Å². The van der Waals surface area contributed by atoms with E-state index < -0.39 is 23.6 Å². The van der Waals surface area contributed by atoms with Gasteiger partial charge in [-0.2, -0.15) is 13.2 Å². The average molecular weight is 536 g/mol. The van der Waals surface area contributed by atoms with Crippen LogP contribution in [0.4, 0.5) is 23.2 Å². The third kappa shape index (κ3) is 6.28. The van der Waals surface area contributed by atoms with Crippen molar-refractivity contribution in [2.45, 2.75) is 50.7 Å². The molecule has 1 N–H and O–H groups in total. The minimum Gasteiger partial charge on any atom is -0.378 e. The van der Waals surface area contributed by atoms with E-state index in [1.54, 1.807) is 11.0 Å². The van der Waals surface area contributed by atoms with Gasteiger partial charge in [0.15, 0.2) is 0 Å². The van der Waals surface area contributed by atoms with Gasteiger partial charge in [-0.3, -0.25) is 9.59 Å². The van der Waals surface area contributed by atoms with Crippen molar-refractivity contribution < 1.29 is 31.9 Å². The molecule has 4 rings (SSSR count). The molecule has 0 aliphatic carbocycles. The quantitative estimate of drug-likeness (QED) is 0.532. The predicted octanol–water partition coefficient (Wildman–Crippen LogP) is 4.48. The number of nitrogens with zero attached hydrogens (tertiary/aromatic N) is 2.